The van der Waals surface area contributed by atoms with Crippen LogP contribution in [0.25, 0.3) is 0 Å². The van der Waals surface area contributed by atoms with Crippen LogP contribution in [0.15, 0.2) is 24.3 Å². The fraction of sp³-hybridized carbons (Fsp3) is 0.538. The quantitative estimate of drug-likeness (QED) is 0.848. The number of para-hydroxylation sites is 1. The Kier molecular flexibility index (Phi) is 3.97. The van der Waals surface area contributed by atoms with Crippen LogP contribution < -0.4 is 11.1 Å². The van der Waals surface area contributed by atoms with Crippen LogP contribution in [0, 0.1) is 5.82 Å². The Bertz CT molecular complexity index is 362. The molecule has 1 fully saturated rings. The summed E-state index contributed by atoms with van der Waals surface area (Å²) in [4.78, 5) is 0. The second-order valence-corrected chi connectivity index (χ2v) is 4.56. The average molecular weight is 238 g/mol. The third-order valence-electron chi connectivity index (χ3n) is 3.33. The van der Waals surface area contributed by atoms with Crippen molar-refractivity contribution in [2.24, 2.45) is 5.73 Å². The van der Waals surface area contributed by atoms with Crippen molar-refractivity contribution in [3.63, 3.8) is 0 Å². The zero-order valence-corrected chi connectivity index (χ0v) is 9.92. The third-order valence-corrected chi connectivity index (χ3v) is 3.33. The number of anilines is 1. The monoisotopic (exact) mass is 238 g/mol. The van der Waals surface area contributed by atoms with Crippen LogP contribution in [0.5, 0.6) is 0 Å². The Morgan fingerprint density at radius 3 is 2.88 bits per heavy atom. The number of hydrogen-bond donors (Lipinski definition) is 2. The maximum Gasteiger partial charge on any atom is 0.146 e. The predicted molar refractivity (Wildman–Crippen MR) is 66.5 cm³/mol. The fourth-order valence-corrected chi connectivity index (χ4v) is 2.24. The van der Waals surface area contributed by atoms with Gasteiger partial charge in [-0.1, -0.05) is 12.1 Å². The minimum absolute atomic E-state index is 0.231. The maximum absolute atomic E-state index is 13.6. The number of hydrogen-bond acceptors (Lipinski definition) is 3. The molecule has 1 atom stereocenters. The number of halogens is 1. The summed E-state index contributed by atoms with van der Waals surface area (Å²) in [7, 11) is 0. The smallest absolute Gasteiger partial charge is 0.146 e. The van der Waals surface area contributed by atoms with Crippen molar-refractivity contribution < 1.29 is 9.13 Å². The van der Waals surface area contributed by atoms with E-state index < -0.39 is 0 Å². The van der Waals surface area contributed by atoms with Crippen LogP contribution in [0.4, 0.5) is 10.1 Å². The lowest BCUT2D eigenvalue weighted by Crippen LogP contribution is -2.46. The van der Waals surface area contributed by atoms with Crippen molar-refractivity contribution in [2.75, 3.05) is 25.1 Å². The van der Waals surface area contributed by atoms with E-state index in [2.05, 4.69) is 5.32 Å². The molecule has 3 nitrogen and oxygen atoms in total. The molecule has 0 bridgehead atoms. The Morgan fingerprint density at radius 2 is 2.12 bits per heavy atom. The van der Waals surface area contributed by atoms with Gasteiger partial charge in [-0.3, -0.25) is 0 Å². The lowest BCUT2D eigenvalue weighted by atomic mass is 9.90. The van der Waals surface area contributed by atoms with Gasteiger partial charge >= 0.3 is 0 Å². The minimum Gasteiger partial charge on any atom is -0.381 e. The number of rotatable bonds is 3. The summed E-state index contributed by atoms with van der Waals surface area (Å²) < 4.78 is 19.0. The van der Waals surface area contributed by atoms with E-state index >= 15 is 0 Å². The summed E-state index contributed by atoms with van der Waals surface area (Å²) in [5.74, 6) is -0.231. The summed E-state index contributed by atoms with van der Waals surface area (Å²) in [5.41, 5.74) is 6.16. The molecule has 0 spiro atoms. The van der Waals surface area contributed by atoms with Gasteiger partial charge in [-0.25, -0.2) is 4.39 Å². The van der Waals surface area contributed by atoms with E-state index in [9.17, 15) is 4.39 Å². The molecule has 3 N–H and O–H groups in total. The van der Waals surface area contributed by atoms with Gasteiger partial charge in [-0.05, 0) is 31.4 Å². The van der Waals surface area contributed by atoms with Crippen LogP contribution in [0.3, 0.4) is 0 Å². The van der Waals surface area contributed by atoms with Crippen molar-refractivity contribution in [1.29, 1.82) is 0 Å². The second kappa shape index (κ2) is 5.47. The maximum atomic E-state index is 13.6. The molecule has 1 unspecified atom stereocenters. The second-order valence-electron chi connectivity index (χ2n) is 4.56. The molecule has 2 rings (SSSR count). The van der Waals surface area contributed by atoms with Gasteiger partial charge in [-0.2, -0.15) is 0 Å². The van der Waals surface area contributed by atoms with Gasteiger partial charge in [0.2, 0.25) is 0 Å². The molecule has 0 amide bonds. The molecular formula is C13H19FN2O. The SMILES string of the molecule is NCC1(Nc2ccccc2F)CCCOCC1. The van der Waals surface area contributed by atoms with Crippen molar-refractivity contribution in [1.82, 2.24) is 0 Å². The molecule has 1 aromatic rings. The van der Waals surface area contributed by atoms with Gasteiger partial charge in [-0.15, -0.1) is 0 Å². The van der Waals surface area contributed by atoms with E-state index in [1.54, 1.807) is 12.1 Å². The van der Waals surface area contributed by atoms with Crippen LogP contribution in [-0.2, 0) is 4.74 Å². The minimum atomic E-state index is -0.237. The predicted octanol–water partition coefficient (Wildman–Crippen LogP) is 2.14. The van der Waals surface area contributed by atoms with Crippen LogP contribution >= 0.6 is 0 Å². The van der Waals surface area contributed by atoms with Gasteiger partial charge in [0.1, 0.15) is 5.82 Å². The Balaban J connectivity index is 2.15. The lowest BCUT2D eigenvalue weighted by Gasteiger charge is -2.33. The first-order chi connectivity index (χ1) is 8.26. The van der Waals surface area contributed by atoms with E-state index in [4.69, 9.17) is 10.5 Å². The molecule has 1 aliphatic rings. The zero-order chi connectivity index (χ0) is 12.1. The average Bonchev–Trinajstić information content (AvgIpc) is 2.58. The Labute approximate surface area is 101 Å². The summed E-state index contributed by atoms with van der Waals surface area (Å²) >= 11 is 0. The summed E-state index contributed by atoms with van der Waals surface area (Å²) in [6, 6.07) is 6.72. The first-order valence-corrected chi connectivity index (χ1v) is 6.06. The third kappa shape index (κ3) is 2.96. The van der Waals surface area contributed by atoms with Crippen LogP contribution in [0.2, 0.25) is 0 Å². The standard InChI is InChI=1S/C13H19FN2O/c14-11-4-1-2-5-12(11)16-13(10-15)6-3-8-17-9-7-13/h1-2,4-5,16H,3,6-10,15H2. The molecule has 1 aromatic carbocycles. The van der Waals surface area contributed by atoms with E-state index in [1.807, 2.05) is 6.07 Å². The molecule has 0 aromatic heterocycles. The highest BCUT2D eigenvalue weighted by Gasteiger charge is 2.30. The van der Waals surface area contributed by atoms with Gasteiger partial charge in [0.25, 0.3) is 0 Å². The summed E-state index contributed by atoms with van der Waals surface area (Å²) in [5, 5.41) is 3.27. The molecule has 17 heavy (non-hydrogen) atoms. The molecule has 0 aliphatic carbocycles. The molecule has 4 heteroatoms. The Hall–Kier alpha value is -1.13. The summed E-state index contributed by atoms with van der Waals surface area (Å²) in [6.45, 7) is 1.93. The normalized spacial score (nSPS) is 25.3. The highest BCUT2D eigenvalue weighted by Crippen LogP contribution is 2.26. The van der Waals surface area contributed by atoms with E-state index in [1.165, 1.54) is 6.07 Å². The Morgan fingerprint density at radius 1 is 1.29 bits per heavy atom. The first-order valence-electron chi connectivity index (χ1n) is 6.06. The van der Waals surface area contributed by atoms with Crippen LogP contribution in [0.1, 0.15) is 19.3 Å². The number of nitrogens with one attached hydrogen (secondary N) is 1. The van der Waals surface area contributed by atoms with E-state index in [-0.39, 0.29) is 11.4 Å². The van der Waals surface area contributed by atoms with E-state index in [0.29, 0.717) is 18.8 Å². The van der Waals surface area contributed by atoms with E-state index in [0.717, 1.165) is 25.9 Å². The van der Waals surface area contributed by atoms with Crippen molar-refractivity contribution >= 4 is 5.69 Å². The van der Waals surface area contributed by atoms with Crippen molar-refractivity contribution in [2.45, 2.75) is 24.8 Å². The molecular weight excluding hydrogens is 219 g/mol. The molecule has 1 saturated heterocycles. The number of ether oxygens (including phenoxy) is 1. The first kappa shape index (κ1) is 12.3. The largest absolute Gasteiger partial charge is 0.381 e. The highest BCUT2D eigenvalue weighted by molar-refractivity contribution is 5.47. The molecule has 1 aliphatic heterocycles. The number of nitrogens with two attached hydrogens (primary N) is 1. The van der Waals surface area contributed by atoms with Crippen LogP contribution in [-0.4, -0.2) is 25.3 Å². The van der Waals surface area contributed by atoms with Gasteiger partial charge in [0.15, 0.2) is 0 Å². The van der Waals surface area contributed by atoms with Gasteiger partial charge in [0, 0.05) is 19.8 Å². The zero-order valence-electron chi connectivity index (χ0n) is 9.92. The fourth-order valence-electron chi connectivity index (χ4n) is 2.24. The molecule has 0 radical (unpaired) electrons. The molecule has 1 heterocycles. The van der Waals surface area contributed by atoms with Gasteiger partial charge < -0.3 is 15.8 Å². The lowest BCUT2D eigenvalue weighted by molar-refractivity contribution is 0.141. The summed E-state index contributed by atoms with van der Waals surface area (Å²) in [6.07, 6.45) is 2.69. The molecule has 0 saturated carbocycles. The van der Waals surface area contributed by atoms with Crippen molar-refractivity contribution in [3.05, 3.63) is 30.1 Å². The van der Waals surface area contributed by atoms with Gasteiger partial charge in [0.05, 0.1) is 11.2 Å². The number of benzene rings is 1. The molecule has 94 valence electrons. The topological polar surface area (TPSA) is 47.3 Å². The highest BCUT2D eigenvalue weighted by atomic mass is 19.1. The van der Waals surface area contributed by atoms with Crippen molar-refractivity contribution in [3.8, 4) is 0 Å².